The van der Waals surface area contributed by atoms with E-state index in [-0.39, 0.29) is 27.5 Å². The molecule has 7 heteroatoms. The first-order valence-electron chi connectivity index (χ1n) is 4.41. The van der Waals surface area contributed by atoms with Crippen molar-refractivity contribution in [2.45, 2.75) is 6.92 Å². The lowest BCUT2D eigenvalue weighted by atomic mass is 10.1. The Morgan fingerprint density at radius 1 is 1.44 bits per heavy atom. The Morgan fingerprint density at radius 3 is 2.69 bits per heavy atom. The first-order valence-corrected chi connectivity index (χ1v) is 4.41. The second kappa shape index (κ2) is 3.61. The van der Waals surface area contributed by atoms with Gasteiger partial charge in [-0.1, -0.05) is 12.1 Å². The summed E-state index contributed by atoms with van der Waals surface area (Å²) in [7, 11) is 0. The number of aromatic nitrogens is 2. The average molecular weight is 221 g/mol. The van der Waals surface area contributed by atoms with Crippen molar-refractivity contribution in [3.8, 4) is 11.3 Å². The number of para-hydroxylation sites is 1. The van der Waals surface area contributed by atoms with E-state index in [1.807, 2.05) is 0 Å². The van der Waals surface area contributed by atoms with E-state index < -0.39 is 4.92 Å². The highest BCUT2D eigenvalue weighted by atomic mass is 16.8. The van der Waals surface area contributed by atoms with Gasteiger partial charge in [0.15, 0.2) is 0 Å². The fraction of sp³-hybridized carbons (Fsp3) is 0.111. The number of nitro benzene ring substituents is 1. The monoisotopic (exact) mass is 221 g/mol. The van der Waals surface area contributed by atoms with Crippen LogP contribution in [-0.2, 0) is 0 Å². The number of nitrogens with zero attached hydrogens (tertiary/aromatic N) is 3. The fourth-order valence-corrected chi connectivity index (χ4v) is 1.37. The number of hydrogen-bond acceptors (Lipinski definition) is 5. The molecule has 2 aromatic rings. The van der Waals surface area contributed by atoms with Gasteiger partial charge in [0.25, 0.3) is 11.4 Å². The van der Waals surface area contributed by atoms with Crippen molar-refractivity contribution in [1.82, 2.24) is 5.16 Å². The zero-order valence-electron chi connectivity index (χ0n) is 8.28. The molecular formula is C9H7N3O4. The summed E-state index contributed by atoms with van der Waals surface area (Å²) in [6, 6.07) is 6.04. The highest BCUT2D eigenvalue weighted by molar-refractivity contribution is 5.70. The average Bonchev–Trinajstić information content (AvgIpc) is 2.60. The summed E-state index contributed by atoms with van der Waals surface area (Å²) in [5.74, 6) is 0. The van der Waals surface area contributed by atoms with E-state index in [0.29, 0.717) is 0 Å². The maximum atomic E-state index is 11.0. The molecule has 0 bridgehead atoms. The smallest absolute Gasteiger partial charge is 0.281 e. The van der Waals surface area contributed by atoms with Gasteiger partial charge in [0.2, 0.25) is 5.69 Å². The standard InChI is InChI=1S/C9H7N3O4/c1-6-9(10-16-12(6)15)7-4-2-3-5-8(7)11(13)14/h2-5H,1H3. The zero-order chi connectivity index (χ0) is 11.7. The molecule has 0 N–H and O–H groups in total. The van der Waals surface area contributed by atoms with Crippen LogP contribution in [0.1, 0.15) is 5.69 Å². The summed E-state index contributed by atoms with van der Waals surface area (Å²) in [5.41, 5.74) is 0.527. The Labute approximate surface area is 89.6 Å². The van der Waals surface area contributed by atoms with Crippen LogP contribution < -0.4 is 4.90 Å². The quantitative estimate of drug-likeness (QED) is 0.431. The van der Waals surface area contributed by atoms with Gasteiger partial charge in [-0.25, -0.2) is 0 Å². The molecule has 0 unspecified atom stereocenters. The molecule has 0 radical (unpaired) electrons. The van der Waals surface area contributed by atoms with Crippen LogP contribution in [0.2, 0.25) is 0 Å². The Kier molecular flexibility index (Phi) is 2.28. The van der Waals surface area contributed by atoms with E-state index in [1.165, 1.54) is 19.1 Å². The molecule has 16 heavy (non-hydrogen) atoms. The Balaban J connectivity index is 2.64. The van der Waals surface area contributed by atoms with E-state index in [0.717, 1.165) is 0 Å². The molecule has 0 amide bonds. The van der Waals surface area contributed by atoms with Crippen LogP contribution in [0.25, 0.3) is 11.3 Å². The van der Waals surface area contributed by atoms with E-state index in [4.69, 9.17) is 0 Å². The minimum absolute atomic E-state index is 0.112. The normalized spacial score (nSPS) is 10.3. The molecule has 0 saturated carbocycles. The molecule has 1 aromatic carbocycles. The van der Waals surface area contributed by atoms with Crippen LogP contribution >= 0.6 is 0 Å². The summed E-state index contributed by atoms with van der Waals surface area (Å²) < 4.78 is 4.37. The molecule has 0 fully saturated rings. The minimum Gasteiger partial charge on any atom is -0.359 e. The molecule has 7 nitrogen and oxygen atoms in total. The molecule has 0 saturated heterocycles. The molecule has 1 aromatic heterocycles. The largest absolute Gasteiger partial charge is 0.359 e. The molecule has 0 spiro atoms. The van der Waals surface area contributed by atoms with Crippen molar-refractivity contribution in [2.24, 2.45) is 0 Å². The summed E-state index contributed by atoms with van der Waals surface area (Å²) in [4.78, 5) is 10.5. The molecule has 0 aliphatic rings. The van der Waals surface area contributed by atoms with E-state index in [2.05, 4.69) is 9.79 Å². The first-order chi connectivity index (χ1) is 7.61. The zero-order valence-corrected chi connectivity index (χ0v) is 8.28. The van der Waals surface area contributed by atoms with Crippen LogP contribution in [0.5, 0.6) is 0 Å². The van der Waals surface area contributed by atoms with Gasteiger partial charge in [0.1, 0.15) is 5.56 Å². The van der Waals surface area contributed by atoms with Gasteiger partial charge in [-0.3, -0.25) is 14.7 Å². The summed E-state index contributed by atoms with van der Waals surface area (Å²) in [6.45, 7) is 1.48. The molecular weight excluding hydrogens is 214 g/mol. The molecule has 0 atom stereocenters. The van der Waals surface area contributed by atoms with Crippen molar-refractivity contribution in [3.05, 3.63) is 45.3 Å². The van der Waals surface area contributed by atoms with Gasteiger partial charge in [0, 0.05) is 18.1 Å². The molecule has 0 aliphatic heterocycles. The molecule has 0 aliphatic carbocycles. The third-order valence-corrected chi connectivity index (χ3v) is 2.18. The first kappa shape index (κ1) is 10.1. The lowest BCUT2D eigenvalue weighted by molar-refractivity contribution is -0.806. The minimum atomic E-state index is -0.529. The predicted molar refractivity (Wildman–Crippen MR) is 52.3 cm³/mol. The van der Waals surface area contributed by atoms with Crippen molar-refractivity contribution in [2.75, 3.05) is 0 Å². The van der Waals surface area contributed by atoms with Crippen LogP contribution in [0, 0.1) is 22.2 Å². The maximum absolute atomic E-state index is 11.0. The van der Waals surface area contributed by atoms with Crippen molar-refractivity contribution in [3.63, 3.8) is 0 Å². The third-order valence-electron chi connectivity index (χ3n) is 2.18. The number of nitro groups is 1. The number of hydrogen-bond donors (Lipinski definition) is 0. The number of rotatable bonds is 2. The van der Waals surface area contributed by atoms with Crippen LogP contribution in [0.3, 0.4) is 0 Å². The molecule has 2 rings (SSSR count). The second-order valence-corrected chi connectivity index (χ2v) is 3.14. The Morgan fingerprint density at radius 2 is 2.12 bits per heavy atom. The van der Waals surface area contributed by atoms with Crippen molar-refractivity contribution in [1.29, 1.82) is 0 Å². The van der Waals surface area contributed by atoms with Gasteiger partial charge in [-0.15, -0.1) is 0 Å². The molecule has 1 heterocycles. The van der Waals surface area contributed by atoms with E-state index in [9.17, 15) is 15.3 Å². The van der Waals surface area contributed by atoms with Gasteiger partial charge in [-0.05, 0) is 11.0 Å². The Bertz CT molecular complexity index is 549. The van der Waals surface area contributed by atoms with Crippen LogP contribution in [-0.4, -0.2) is 10.1 Å². The SMILES string of the molecule is Cc1c(-c2ccccc2[N+](=O)[O-])no[n+]1[O-]. The van der Waals surface area contributed by atoms with Gasteiger partial charge in [-0.2, -0.15) is 0 Å². The van der Waals surface area contributed by atoms with Gasteiger partial charge in [0.05, 0.1) is 4.92 Å². The fourth-order valence-electron chi connectivity index (χ4n) is 1.37. The highest BCUT2D eigenvalue weighted by Crippen LogP contribution is 2.28. The van der Waals surface area contributed by atoms with Gasteiger partial charge >= 0.3 is 0 Å². The lowest BCUT2D eigenvalue weighted by Crippen LogP contribution is -2.25. The summed E-state index contributed by atoms with van der Waals surface area (Å²) in [5, 5.41) is 25.3. The highest BCUT2D eigenvalue weighted by Gasteiger charge is 2.24. The van der Waals surface area contributed by atoms with Crippen LogP contribution in [0.4, 0.5) is 5.69 Å². The van der Waals surface area contributed by atoms with E-state index in [1.54, 1.807) is 12.1 Å². The predicted octanol–water partition coefficient (Wildman–Crippen LogP) is 1.19. The van der Waals surface area contributed by atoms with Crippen molar-refractivity contribution < 1.29 is 14.5 Å². The Hall–Kier alpha value is -2.44. The molecule has 82 valence electrons. The second-order valence-electron chi connectivity index (χ2n) is 3.14. The maximum Gasteiger partial charge on any atom is 0.281 e. The van der Waals surface area contributed by atoms with Crippen molar-refractivity contribution >= 4 is 5.69 Å². The summed E-state index contributed by atoms with van der Waals surface area (Å²) >= 11 is 0. The van der Waals surface area contributed by atoms with Gasteiger partial charge < -0.3 is 5.21 Å². The topological polar surface area (TPSA) is 96.1 Å². The lowest BCUT2D eigenvalue weighted by Gasteiger charge is -1.95. The van der Waals surface area contributed by atoms with Crippen LogP contribution in [0.15, 0.2) is 28.9 Å². The summed E-state index contributed by atoms with van der Waals surface area (Å²) in [6.07, 6.45) is 0. The van der Waals surface area contributed by atoms with E-state index >= 15 is 0 Å². The third kappa shape index (κ3) is 1.48. The number of benzene rings is 1.